The highest BCUT2D eigenvalue weighted by Crippen LogP contribution is 2.57. The van der Waals surface area contributed by atoms with E-state index in [1.54, 1.807) is 4.90 Å². The van der Waals surface area contributed by atoms with Crippen molar-refractivity contribution in [3.05, 3.63) is 111 Å². The molecular formula is C57H60N5OPS9. The smallest absolute Gasteiger partial charge is 0.254 e. The van der Waals surface area contributed by atoms with Crippen LogP contribution in [0.5, 0.6) is 0 Å². The standard InChI is InChI=1S/C57H60N5OPS9/c1-12-55(8,13-2)45-22-20-40(68-45)38-17-19-43(67-38)53-37(54(63)62(10)11)28-47(71-53)57(14-3,15-4)56(9,29-64)46-23-21-41(69-46)39-16-18-42(66-39)52-32(24-30(5)6)25-44(70-52)36-27-35-34(50-51(36)61-73-60-50)26-33(31(7)65)48-49(35)59-72-58-48/h16-23,25-28,30,65H,7,12-15,24,29,64H2,1-6,8-11H3. The summed E-state index contributed by atoms with van der Waals surface area (Å²) in [5, 5.41) is 2.01. The van der Waals surface area contributed by atoms with Crippen molar-refractivity contribution in [2.24, 2.45) is 5.92 Å². The molecule has 0 fully saturated rings. The second-order valence-electron chi connectivity index (χ2n) is 20.2. The molecule has 2 atom stereocenters. The fourth-order valence-corrected chi connectivity index (χ4v) is 20.5. The Morgan fingerprint density at radius 3 is 1.74 bits per heavy atom. The van der Waals surface area contributed by atoms with Gasteiger partial charge in [0.1, 0.15) is 22.1 Å². The van der Waals surface area contributed by atoms with Crippen molar-refractivity contribution in [2.45, 2.75) is 104 Å². The zero-order valence-corrected chi connectivity index (χ0v) is 51.5. The van der Waals surface area contributed by atoms with Gasteiger partial charge in [-0.25, -0.2) is 0 Å². The second-order valence-corrected chi connectivity index (χ2v) is 28.6. The minimum atomic E-state index is -0.227. The Hall–Kier alpha value is -3.47. The molecule has 0 bridgehead atoms. The number of nitrogens with zero attached hydrogens (tertiary/aromatic N) is 5. The van der Waals surface area contributed by atoms with Gasteiger partial charge in [0.2, 0.25) is 0 Å². The highest BCUT2D eigenvalue weighted by Gasteiger charge is 2.49. The number of benzene rings is 2. The second kappa shape index (κ2) is 20.8. The summed E-state index contributed by atoms with van der Waals surface area (Å²) in [6, 6.07) is 27.5. The van der Waals surface area contributed by atoms with E-state index in [1.807, 2.05) is 82.1 Å². The number of fused-ring (bicyclic) bond motifs is 5. The molecule has 6 nitrogen and oxygen atoms in total. The van der Waals surface area contributed by atoms with Crippen LogP contribution in [0.3, 0.4) is 0 Å². The zero-order valence-electron chi connectivity index (χ0n) is 42.9. The highest BCUT2D eigenvalue weighted by molar-refractivity contribution is 7.90. The van der Waals surface area contributed by atoms with Crippen LogP contribution in [-0.4, -0.2) is 48.6 Å². The van der Waals surface area contributed by atoms with Gasteiger partial charge in [0, 0.05) is 111 Å². The Labute approximate surface area is 469 Å². The van der Waals surface area contributed by atoms with E-state index in [9.17, 15) is 4.79 Å². The van der Waals surface area contributed by atoms with Gasteiger partial charge in [-0.3, -0.25) is 4.79 Å². The number of aromatic nitrogens is 4. The molecule has 0 aliphatic rings. The van der Waals surface area contributed by atoms with Gasteiger partial charge < -0.3 is 4.90 Å². The summed E-state index contributed by atoms with van der Waals surface area (Å²) >= 11 is 18.3. The van der Waals surface area contributed by atoms with E-state index in [0.29, 0.717) is 10.8 Å². The zero-order chi connectivity index (χ0) is 51.7. The minimum Gasteiger partial charge on any atom is -0.345 e. The number of hydrogen-bond acceptors (Lipinski definition) is 14. The molecule has 378 valence electrons. The fraction of sp³-hybridized carbons (Fsp3) is 0.351. The molecule has 1 amide bonds. The molecule has 10 aromatic rings. The number of thiophene rings is 6. The van der Waals surface area contributed by atoms with Crippen molar-refractivity contribution in [1.29, 1.82) is 0 Å². The first-order valence-corrected chi connectivity index (χ1v) is 32.5. The number of carbonyl (C=O) groups is 1. The molecular weight excluding hydrogens is 1090 g/mol. The van der Waals surface area contributed by atoms with Gasteiger partial charge in [-0.05, 0) is 123 Å². The minimum absolute atomic E-state index is 0.0535. The Morgan fingerprint density at radius 2 is 1.15 bits per heavy atom. The summed E-state index contributed by atoms with van der Waals surface area (Å²) in [5.41, 5.74) is 7.28. The molecule has 0 N–H and O–H groups in total. The molecule has 0 radical (unpaired) electrons. The third-order valence-electron chi connectivity index (χ3n) is 15.4. The van der Waals surface area contributed by atoms with E-state index in [1.165, 1.54) is 77.8 Å². The summed E-state index contributed by atoms with van der Waals surface area (Å²) in [5.74, 6) is 0.535. The van der Waals surface area contributed by atoms with Gasteiger partial charge >= 0.3 is 0 Å². The van der Waals surface area contributed by atoms with Crippen molar-refractivity contribution < 1.29 is 4.79 Å². The van der Waals surface area contributed by atoms with Crippen molar-refractivity contribution >= 4 is 157 Å². The predicted octanol–water partition coefficient (Wildman–Crippen LogP) is 19.3. The Kier molecular flexibility index (Phi) is 15.1. The van der Waals surface area contributed by atoms with E-state index in [4.69, 9.17) is 13.1 Å². The SMILES string of the molecule is C=C(S)c1cc2c(cc(-c3cc(CC(C)C)c(-c4ccc(-c5ccc(C(C)(CP)C(CC)(CC)c6cc(C(=O)N(C)C)c(-c7ccc(-c8ccc(C(C)(CC)CC)s8)s7)s6)s5)s4)s3)c3nsnc32)c2nsnc12. The first-order chi connectivity index (χ1) is 35.0. The Balaban J connectivity index is 1.00. The molecule has 2 unspecified atom stereocenters. The fourth-order valence-electron chi connectivity index (χ4n) is 10.6. The molecule has 0 spiro atoms. The molecule has 16 heteroatoms. The lowest BCUT2D eigenvalue weighted by molar-refractivity contribution is 0.0828. The number of amides is 1. The average Bonchev–Trinajstić information content (AvgIpc) is 4.23. The molecule has 10 rings (SSSR count). The van der Waals surface area contributed by atoms with Crippen molar-refractivity contribution in [3.8, 4) is 49.5 Å². The van der Waals surface area contributed by atoms with Crippen LogP contribution in [0, 0.1) is 5.92 Å². The van der Waals surface area contributed by atoms with E-state index >= 15 is 0 Å². The molecule has 2 aromatic carbocycles. The van der Waals surface area contributed by atoms with Crippen LogP contribution < -0.4 is 0 Å². The lowest BCUT2D eigenvalue weighted by atomic mass is 9.60. The van der Waals surface area contributed by atoms with Crippen molar-refractivity contribution in [2.75, 3.05) is 20.3 Å². The van der Waals surface area contributed by atoms with Crippen LogP contribution in [0.2, 0.25) is 0 Å². The molecule has 0 aliphatic carbocycles. The van der Waals surface area contributed by atoms with Crippen LogP contribution in [0.15, 0.2) is 79.4 Å². The van der Waals surface area contributed by atoms with Crippen LogP contribution in [0.1, 0.15) is 117 Å². The van der Waals surface area contributed by atoms with E-state index < -0.39 is 0 Å². The molecule has 73 heavy (non-hydrogen) atoms. The van der Waals surface area contributed by atoms with Crippen LogP contribution >= 0.6 is 113 Å². The van der Waals surface area contributed by atoms with Gasteiger partial charge in [-0.15, -0.1) is 89.9 Å². The average molecular weight is 1150 g/mol. The summed E-state index contributed by atoms with van der Waals surface area (Å²) < 4.78 is 19.2. The van der Waals surface area contributed by atoms with Crippen LogP contribution in [0.25, 0.3) is 87.2 Å². The van der Waals surface area contributed by atoms with Gasteiger partial charge in [-0.2, -0.15) is 17.5 Å². The quantitative estimate of drug-likeness (QED) is 0.0685. The van der Waals surface area contributed by atoms with E-state index in [-0.39, 0.29) is 22.2 Å². The monoisotopic (exact) mass is 1150 g/mol. The maximum Gasteiger partial charge on any atom is 0.254 e. The molecule has 0 saturated heterocycles. The number of rotatable bonds is 18. The Morgan fingerprint density at radius 1 is 0.616 bits per heavy atom. The van der Waals surface area contributed by atoms with E-state index in [0.717, 1.165) is 97.5 Å². The third kappa shape index (κ3) is 9.10. The maximum atomic E-state index is 14.2. The number of carbonyl (C=O) groups excluding carboxylic acids is 1. The summed E-state index contributed by atoms with van der Waals surface area (Å²) in [6.45, 7) is 22.8. The lowest BCUT2D eigenvalue weighted by Gasteiger charge is -2.47. The topological polar surface area (TPSA) is 71.9 Å². The van der Waals surface area contributed by atoms with Gasteiger partial charge in [0.25, 0.3) is 5.91 Å². The lowest BCUT2D eigenvalue weighted by Crippen LogP contribution is -2.47. The molecule has 0 aliphatic heterocycles. The predicted molar refractivity (Wildman–Crippen MR) is 333 cm³/mol. The third-order valence-corrected chi connectivity index (χ3v) is 25.8. The Bertz CT molecular complexity index is 3670. The van der Waals surface area contributed by atoms with Crippen LogP contribution in [-0.2, 0) is 22.7 Å². The van der Waals surface area contributed by atoms with Crippen molar-refractivity contribution in [3.63, 3.8) is 0 Å². The van der Waals surface area contributed by atoms with Gasteiger partial charge in [0.05, 0.1) is 33.9 Å². The molecule has 0 saturated carbocycles. The van der Waals surface area contributed by atoms with Gasteiger partial charge in [0.15, 0.2) is 0 Å². The maximum absolute atomic E-state index is 14.2. The molecule has 8 aromatic heterocycles. The highest BCUT2D eigenvalue weighted by atomic mass is 32.1. The largest absolute Gasteiger partial charge is 0.345 e. The summed E-state index contributed by atoms with van der Waals surface area (Å²) in [4.78, 5) is 31.8. The van der Waals surface area contributed by atoms with Crippen LogP contribution in [0.4, 0.5) is 0 Å². The number of thiol groups is 1. The summed E-state index contributed by atoms with van der Waals surface area (Å²) in [6.07, 6.45) is 5.98. The van der Waals surface area contributed by atoms with Crippen molar-refractivity contribution in [1.82, 2.24) is 22.4 Å². The first-order valence-electron chi connectivity index (χ1n) is 24.8. The first kappa shape index (κ1) is 52.9. The number of hydrogen-bond donors (Lipinski definition) is 1. The van der Waals surface area contributed by atoms with Gasteiger partial charge in [-0.1, -0.05) is 62.0 Å². The van der Waals surface area contributed by atoms with E-state index in [2.05, 4.69) is 161 Å². The summed E-state index contributed by atoms with van der Waals surface area (Å²) in [7, 11) is 6.88. The molecule has 8 heterocycles. The normalized spacial score (nSPS) is 13.3.